The summed E-state index contributed by atoms with van der Waals surface area (Å²) in [5, 5.41) is 11.6. The number of nitrogens with zero attached hydrogens (tertiary/aromatic N) is 1. The number of aryl methyl sites for hydroxylation is 1. The number of ketones is 1. The number of halogens is 1. The van der Waals surface area contributed by atoms with E-state index in [1.54, 1.807) is 60.7 Å². The molecule has 1 aliphatic rings. The molecule has 0 radical (unpaired) electrons. The number of amides is 1. The van der Waals surface area contributed by atoms with Gasteiger partial charge < -0.3 is 5.11 Å². The number of aliphatic hydroxyl groups is 1. The average molecular weight is 418 g/mol. The maximum Gasteiger partial charge on any atom is 0.300 e. The summed E-state index contributed by atoms with van der Waals surface area (Å²) in [4.78, 5) is 27.5. The van der Waals surface area contributed by atoms with Crippen molar-refractivity contribution in [3.8, 4) is 0 Å². The van der Waals surface area contributed by atoms with Gasteiger partial charge in [0.1, 0.15) is 5.76 Å². The molecule has 1 N–H and O–H groups in total. The van der Waals surface area contributed by atoms with Gasteiger partial charge in [-0.3, -0.25) is 14.5 Å². The number of carbonyl (C=O) groups excluding carboxylic acids is 2. The summed E-state index contributed by atoms with van der Waals surface area (Å²) in [6.07, 6.45) is 0.865. The molecular weight excluding hydrogens is 398 g/mol. The third kappa shape index (κ3) is 3.51. The van der Waals surface area contributed by atoms with E-state index in [-0.39, 0.29) is 11.3 Å². The molecule has 1 fully saturated rings. The topological polar surface area (TPSA) is 57.6 Å². The summed E-state index contributed by atoms with van der Waals surface area (Å²) in [5.41, 5.74) is 2.95. The van der Waals surface area contributed by atoms with Crippen molar-refractivity contribution in [1.29, 1.82) is 0 Å². The smallest absolute Gasteiger partial charge is 0.300 e. The Morgan fingerprint density at radius 3 is 2.17 bits per heavy atom. The van der Waals surface area contributed by atoms with Crippen molar-refractivity contribution in [3.63, 3.8) is 0 Å². The molecule has 0 aromatic heterocycles. The first-order valence-electron chi connectivity index (χ1n) is 9.72. The molecule has 3 aromatic rings. The van der Waals surface area contributed by atoms with Crippen LogP contribution in [0.1, 0.15) is 29.7 Å². The summed E-state index contributed by atoms with van der Waals surface area (Å²) in [5.74, 6) is -1.57. The number of rotatable bonds is 4. The first kappa shape index (κ1) is 19.9. The van der Waals surface area contributed by atoms with Crippen LogP contribution in [0.3, 0.4) is 0 Å². The van der Waals surface area contributed by atoms with Gasteiger partial charge >= 0.3 is 0 Å². The fourth-order valence-corrected chi connectivity index (χ4v) is 3.83. The Morgan fingerprint density at radius 2 is 1.57 bits per heavy atom. The number of para-hydroxylation sites is 1. The molecule has 1 atom stereocenters. The van der Waals surface area contributed by atoms with Crippen LogP contribution < -0.4 is 4.90 Å². The van der Waals surface area contributed by atoms with E-state index in [9.17, 15) is 14.7 Å². The minimum absolute atomic E-state index is 0.0652. The SMILES string of the molecule is CCc1ccc(/C(O)=C2/C(=O)C(=O)N(c3ccccc3)C2c2ccc(Cl)cc2)cc1. The molecule has 30 heavy (non-hydrogen) atoms. The number of benzene rings is 3. The van der Waals surface area contributed by atoms with Gasteiger partial charge in [-0.1, -0.05) is 73.1 Å². The molecule has 1 heterocycles. The normalized spacial score (nSPS) is 18.1. The molecule has 1 amide bonds. The molecule has 5 heteroatoms. The summed E-state index contributed by atoms with van der Waals surface area (Å²) < 4.78 is 0. The molecular formula is C25H20ClNO3. The van der Waals surface area contributed by atoms with Gasteiger partial charge in [0.25, 0.3) is 11.7 Å². The van der Waals surface area contributed by atoms with Crippen LogP contribution in [0.5, 0.6) is 0 Å². The maximum absolute atomic E-state index is 13.0. The highest BCUT2D eigenvalue weighted by molar-refractivity contribution is 6.51. The predicted octanol–water partition coefficient (Wildman–Crippen LogP) is 5.53. The van der Waals surface area contributed by atoms with Gasteiger partial charge in [0, 0.05) is 16.3 Å². The molecule has 0 spiro atoms. The van der Waals surface area contributed by atoms with E-state index in [4.69, 9.17) is 11.6 Å². The fraction of sp³-hybridized carbons (Fsp3) is 0.120. The lowest BCUT2D eigenvalue weighted by Gasteiger charge is -2.25. The molecule has 3 aromatic carbocycles. The van der Waals surface area contributed by atoms with Crippen LogP contribution in [-0.4, -0.2) is 16.8 Å². The molecule has 0 saturated carbocycles. The van der Waals surface area contributed by atoms with Gasteiger partial charge in [0.2, 0.25) is 0 Å². The Labute approximate surface area is 180 Å². The maximum atomic E-state index is 13.0. The Hall–Kier alpha value is -3.37. The highest BCUT2D eigenvalue weighted by atomic mass is 35.5. The van der Waals surface area contributed by atoms with Gasteiger partial charge in [0.15, 0.2) is 0 Å². The minimum Gasteiger partial charge on any atom is -0.507 e. The summed E-state index contributed by atoms with van der Waals surface area (Å²) in [7, 11) is 0. The van der Waals surface area contributed by atoms with Crippen molar-refractivity contribution < 1.29 is 14.7 Å². The van der Waals surface area contributed by atoms with Gasteiger partial charge in [-0.2, -0.15) is 0 Å². The standard InChI is InChI=1S/C25H20ClNO3/c1-2-16-8-10-18(11-9-16)23(28)21-22(17-12-14-19(26)15-13-17)27(25(30)24(21)29)20-6-4-3-5-7-20/h3-15,22,28H,2H2,1H3/b23-21-. The van der Waals surface area contributed by atoms with E-state index >= 15 is 0 Å². The third-order valence-electron chi connectivity index (χ3n) is 5.30. The Kier molecular flexibility index (Phi) is 5.42. The lowest BCUT2D eigenvalue weighted by Crippen LogP contribution is -2.29. The first-order valence-corrected chi connectivity index (χ1v) is 10.1. The fourth-order valence-electron chi connectivity index (χ4n) is 3.70. The Balaban J connectivity index is 1.91. The van der Waals surface area contributed by atoms with Crippen LogP contribution in [0.15, 0.2) is 84.4 Å². The zero-order valence-corrected chi connectivity index (χ0v) is 17.1. The van der Waals surface area contributed by atoms with Crippen LogP contribution in [0.25, 0.3) is 5.76 Å². The lowest BCUT2D eigenvalue weighted by atomic mass is 9.95. The second-order valence-corrected chi connectivity index (χ2v) is 7.54. The first-order chi connectivity index (χ1) is 14.5. The quantitative estimate of drug-likeness (QED) is 0.345. The monoisotopic (exact) mass is 417 g/mol. The largest absolute Gasteiger partial charge is 0.507 e. The molecule has 4 nitrogen and oxygen atoms in total. The van der Waals surface area contributed by atoms with E-state index in [0.29, 0.717) is 21.8 Å². The number of aliphatic hydroxyl groups excluding tert-OH is 1. The van der Waals surface area contributed by atoms with Crippen LogP contribution >= 0.6 is 11.6 Å². The highest BCUT2D eigenvalue weighted by Crippen LogP contribution is 2.42. The number of hydrogen-bond donors (Lipinski definition) is 1. The zero-order chi connectivity index (χ0) is 21.3. The van der Waals surface area contributed by atoms with E-state index in [1.807, 2.05) is 25.1 Å². The Morgan fingerprint density at radius 1 is 0.933 bits per heavy atom. The van der Waals surface area contributed by atoms with Crippen molar-refractivity contribution in [2.24, 2.45) is 0 Å². The van der Waals surface area contributed by atoms with Gasteiger partial charge in [-0.05, 0) is 41.8 Å². The van der Waals surface area contributed by atoms with E-state index in [2.05, 4.69) is 0 Å². The number of anilines is 1. The molecule has 1 aliphatic heterocycles. The molecule has 1 unspecified atom stereocenters. The van der Waals surface area contributed by atoms with Crippen molar-refractivity contribution in [2.75, 3.05) is 4.90 Å². The summed E-state index contributed by atoms with van der Waals surface area (Å²) in [6, 6.07) is 22.5. The van der Waals surface area contributed by atoms with E-state index in [0.717, 1.165) is 12.0 Å². The van der Waals surface area contributed by atoms with Gasteiger partial charge in [-0.25, -0.2) is 0 Å². The van der Waals surface area contributed by atoms with Crippen LogP contribution in [0.4, 0.5) is 5.69 Å². The van der Waals surface area contributed by atoms with Crippen molar-refractivity contribution in [2.45, 2.75) is 19.4 Å². The average Bonchev–Trinajstić information content (AvgIpc) is 3.05. The summed E-state index contributed by atoms with van der Waals surface area (Å²) in [6.45, 7) is 2.04. The van der Waals surface area contributed by atoms with Crippen molar-refractivity contribution >= 4 is 34.7 Å². The molecule has 4 rings (SSSR count). The number of hydrogen-bond acceptors (Lipinski definition) is 3. The summed E-state index contributed by atoms with van der Waals surface area (Å²) >= 11 is 6.04. The van der Waals surface area contributed by atoms with Crippen LogP contribution in [0.2, 0.25) is 5.02 Å². The van der Waals surface area contributed by atoms with Crippen LogP contribution in [-0.2, 0) is 16.0 Å². The molecule has 1 saturated heterocycles. The van der Waals surface area contributed by atoms with E-state index in [1.165, 1.54) is 4.90 Å². The number of Topliss-reactive ketones (excluding diaryl/α,β-unsaturated/α-hetero) is 1. The van der Waals surface area contributed by atoms with Crippen LogP contribution in [0, 0.1) is 0 Å². The van der Waals surface area contributed by atoms with Crippen molar-refractivity contribution in [3.05, 3.63) is 106 Å². The zero-order valence-electron chi connectivity index (χ0n) is 16.4. The second-order valence-electron chi connectivity index (χ2n) is 7.11. The minimum atomic E-state index is -0.754. The Bertz CT molecular complexity index is 1120. The molecule has 0 bridgehead atoms. The molecule has 150 valence electrons. The van der Waals surface area contributed by atoms with Crippen molar-refractivity contribution in [1.82, 2.24) is 0 Å². The third-order valence-corrected chi connectivity index (χ3v) is 5.55. The van der Waals surface area contributed by atoms with E-state index < -0.39 is 17.7 Å². The highest BCUT2D eigenvalue weighted by Gasteiger charge is 2.46. The number of carbonyl (C=O) groups is 2. The van der Waals surface area contributed by atoms with Gasteiger partial charge in [-0.15, -0.1) is 0 Å². The predicted molar refractivity (Wildman–Crippen MR) is 118 cm³/mol. The lowest BCUT2D eigenvalue weighted by molar-refractivity contribution is -0.132. The second kappa shape index (κ2) is 8.17. The molecule has 0 aliphatic carbocycles. The van der Waals surface area contributed by atoms with Gasteiger partial charge in [0.05, 0.1) is 11.6 Å².